The van der Waals surface area contributed by atoms with Gasteiger partial charge in [0.2, 0.25) is 0 Å². The number of thiol groups is 1. The Hall–Kier alpha value is 0.270. The van der Waals surface area contributed by atoms with Gasteiger partial charge < -0.3 is 4.90 Å². The average Bonchev–Trinajstić information content (AvgIpc) is 2.04. The predicted molar refractivity (Wildman–Crippen MR) is 58.5 cm³/mol. The van der Waals surface area contributed by atoms with Gasteiger partial charge in [-0.25, -0.2) is 0 Å². The van der Waals surface area contributed by atoms with Crippen molar-refractivity contribution in [1.82, 2.24) is 9.62 Å². The fourth-order valence-electron chi connectivity index (χ4n) is 1.34. The second-order valence-corrected chi connectivity index (χ2v) is 3.94. The maximum atomic E-state index is 4.09. The molecule has 0 aliphatic heterocycles. The lowest BCUT2D eigenvalue weighted by molar-refractivity contribution is 0.313. The maximum Gasteiger partial charge on any atom is 0.0169 e. The molecular weight excluding hydrogens is 168 g/mol. The molecule has 0 bridgehead atoms. The fourth-order valence-corrected chi connectivity index (χ4v) is 1.55. The van der Waals surface area contributed by atoms with Crippen LogP contribution in [0.15, 0.2) is 0 Å². The lowest BCUT2D eigenvalue weighted by Gasteiger charge is -2.23. The molecule has 0 aromatic heterocycles. The second kappa shape index (κ2) is 6.75. The number of hydrogen-bond donors (Lipinski definition) is 2. The van der Waals surface area contributed by atoms with Crippen molar-refractivity contribution in [2.45, 2.75) is 32.7 Å². The summed E-state index contributed by atoms with van der Waals surface area (Å²) in [7, 11) is 4.23. The summed E-state index contributed by atoms with van der Waals surface area (Å²) in [5.41, 5.74) is 0. The molecule has 0 fully saturated rings. The van der Waals surface area contributed by atoms with Crippen LogP contribution in [0.25, 0.3) is 0 Å². The summed E-state index contributed by atoms with van der Waals surface area (Å²) in [6.45, 7) is 5.59. The van der Waals surface area contributed by atoms with Gasteiger partial charge in [-0.05, 0) is 39.9 Å². The third kappa shape index (κ3) is 5.01. The Bertz CT molecular complexity index is 107. The SMILES string of the molecule is CCC(CCN(C)C)C(C)NS. The molecule has 74 valence electrons. The zero-order chi connectivity index (χ0) is 9.56. The molecule has 0 saturated carbocycles. The van der Waals surface area contributed by atoms with E-state index < -0.39 is 0 Å². The summed E-state index contributed by atoms with van der Waals surface area (Å²) in [6.07, 6.45) is 2.47. The molecule has 0 amide bonds. The van der Waals surface area contributed by atoms with Crippen molar-refractivity contribution in [3.05, 3.63) is 0 Å². The van der Waals surface area contributed by atoms with E-state index in [4.69, 9.17) is 0 Å². The van der Waals surface area contributed by atoms with Crippen LogP contribution in [0.1, 0.15) is 26.7 Å². The molecule has 3 heteroatoms. The van der Waals surface area contributed by atoms with Gasteiger partial charge >= 0.3 is 0 Å². The minimum atomic E-state index is 0.512. The van der Waals surface area contributed by atoms with Crippen LogP contribution in [-0.2, 0) is 0 Å². The van der Waals surface area contributed by atoms with Crippen molar-refractivity contribution in [1.29, 1.82) is 0 Å². The van der Waals surface area contributed by atoms with Crippen LogP contribution in [0, 0.1) is 5.92 Å². The summed E-state index contributed by atoms with van der Waals surface area (Å²) in [5, 5.41) is 0. The van der Waals surface area contributed by atoms with Crippen LogP contribution < -0.4 is 4.72 Å². The molecule has 2 unspecified atom stereocenters. The highest BCUT2D eigenvalue weighted by Gasteiger charge is 2.13. The van der Waals surface area contributed by atoms with Crippen LogP contribution in [0.5, 0.6) is 0 Å². The summed E-state index contributed by atoms with van der Waals surface area (Å²) < 4.78 is 3.02. The van der Waals surface area contributed by atoms with Crippen LogP contribution in [0.3, 0.4) is 0 Å². The van der Waals surface area contributed by atoms with Gasteiger partial charge in [0.15, 0.2) is 0 Å². The largest absolute Gasteiger partial charge is 0.309 e. The minimum absolute atomic E-state index is 0.512. The third-order valence-corrected chi connectivity index (χ3v) is 2.79. The molecule has 0 spiro atoms. The molecule has 12 heavy (non-hydrogen) atoms. The molecule has 0 aliphatic rings. The summed E-state index contributed by atoms with van der Waals surface area (Å²) in [5.74, 6) is 0.741. The van der Waals surface area contributed by atoms with Gasteiger partial charge in [0.05, 0.1) is 0 Å². The lowest BCUT2D eigenvalue weighted by atomic mass is 9.95. The van der Waals surface area contributed by atoms with Crippen molar-refractivity contribution >= 4 is 12.8 Å². The first-order valence-corrected chi connectivity index (χ1v) is 5.10. The van der Waals surface area contributed by atoms with Gasteiger partial charge in [-0.2, -0.15) is 0 Å². The number of hydrogen-bond acceptors (Lipinski definition) is 3. The van der Waals surface area contributed by atoms with Crippen molar-refractivity contribution in [2.24, 2.45) is 5.92 Å². The zero-order valence-corrected chi connectivity index (χ0v) is 9.56. The summed E-state index contributed by atoms with van der Waals surface area (Å²) in [4.78, 5) is 2.23. The highest BCUT2D eigenvalue weighted by atomic mass is 32.1. The molecule has 0 aliphatic carbocycles. The normalized spacial score (nSPS) is 16.5. The standard InChI is InChI=1S/C9H22N2S/c1-5-9(8(2)10-12)6-7-11(3)4/h8-10,12H,5-7H2,1-4H3. The quantitative estimate of drug-likeness (QED) is 0.621. The Kier molecular flexibility index (Phi) is 6.90. The first kappa shape index (κ1) is 12.3. The zero-order valence-electron chi connectivity index (χ0n) is 8.67. The maximum absolute atomic E-state index is 4.09. The van der Waals surface area contributed by atoms with Gasteiger partial charge in [0.1, 0.15) is 0 Å². The van der Waals surface area contributed by atoms with Crippen molar-refractivity contribution in [3.8, 4) is 0 Å². The van der Waals surface area contributed by atoms with Gasteiger partial charge in [-0.3, -0.25) is 4.72 Å². The highest BCUT2D eigenvalue weighted by Crippen LogP contribution is 2.13. The number of nitrogens with one attached hydrogen (secondary N) is 1. The monoisotopic (exact) mass is 190 g/mol. The molecule has 0 radical (unpaired) electrons. The Morgan fingerprint density at radius 3 is 2.33 bits per heavy atom. The fraction of sp³-hybridized carbons (Fsp3) is 1.00. The lowest BCUT2D eigenvalue weighted by Crippen LogP contribution is -2.29. The highest BCUT2D eigenvalue weighted by molar-refractivity contribution is 7.78. The first-order valence-electron chi connectivity index (χ1n) is 4.66. The first-order chi connectivity index (χ1) is 5.61. The van der Waals surface area contributed by atoms with E-state index in [1.54, 1.807) is 0 Å². The topological polar surface area (TPSA) is 15.3 Å². The molecule has 0 aromatic carbocycles. The van der Waals surface area contributed by atoms with Crippen LogP contribution in [-0.4, -0.2) is 31.6 Å². The van der Waals surface area contributed by atoms with Crippen molar-refractivity contribution in [2.75, 3.05) is 20.6 Å². The summed E-state index contributed by atoms with van der Waals surface area (Å²) in [6, 6.07) is 0.512. The molecule has 0 saturated heterocycles. The van der Waals surface area contributed by atoms with Gasteiger partial charge in [0.25, 0.3) is 0 Å². The molecule has 0 aromatic rings. The molecule has 0 rings (SSSR count). The molecular formula is C9H22N2S. The van der Waals surface area contributed by atoms with E-state index in [1.165, 1.54) is 12.8 Å². The predicted octanol–water partition coefficient (Wildman–Crippen LogP) is 1.79. The second-order valence-electron chi connectivity index (χ2n) is 3.68. The van der Waals surface area contributed by atoms with Gasteiger partial charge in [-0.15, -0.1) is 0 Å². The molecule has 0 heterocycles. The van der Waals surface area contributed by atoms with Crippen molar-refractivity contribution in [3.63, 3.8) is 0 Å². The Labute approximate surface area is 82.3 Å². The smallest absolute Gasteiger partial charge is 0.0169 e. The average molecular weight is 190 g/mol. The molecule has 1 N–H and O–H groups in total. The molecule has 2 nitrogen and oxygen atoms in total. The number of nitrogens with zero attached hydrogens (tertiary/aromatic N) is 1. The minimum Gasteiger partial charge on any atom is -0.309 e. The van der Waals surface area contributed by atoms with Gasteiger partial charge in [0, 0.05) is 6.04 Å². The molecule has 2 atom stereocenters. The van der Waals surface area contributed by atoms with E-state index in [0.717, 1.165) is 12.5 Å². The van der Waals surface area contributed by atoms with Crippen LogP contribution in [0.2, 0.25) is 0 Å². The Morgan fingerprint density at radius 1 is 1.42 bits per heavy atom. The Morgan fingerprint density at radius 2 is 2.00 bits per heavy atom. The van der Waals surface area contributed by atoms with Crippen molar-refractivity contribution < 1.29 is 0 Å². The Balaban J connectivity index is 3.67. The third-order valence-electron chi connectivity index (χ3n) is 2.38. The van der Waals surface area contributed by atoms with E-state index >= 15 is 0 Å². The summed E-state index contributed by atoms with van der Waals surface area (Å²) >= 11 is 4.09. The van der Waals surface area contributed by atoms with E-state index in [2.05, 4.69) is 50.4 Å². The van der Waals surface area contributed by atoms with E-state index in [0.29, 0.717) is 6.04 Å². The van der Waals surface area contributed by atoms with Crippen LogP contribution >= 0.6 is 12.8 Å². The number of rotatable bonds is 6. The van der Waals surface area contributed by atoms with E-state index in [9.17, 15) is 0 Å². The van der Waals surface area contributed by atoms with E-state index in [-0.39, 0.29) is 0 Å². The van der Waals surface area contributed by atoms with Crippen LogP contribution in [0.4, 0.5) is 0 Å². The van der Waals surface area contributed by atoms with Gasteiger partial charge in [-0.1, -0.05) is 26.2 Å². The van der Waals surface area contributed by atoms with E-state index in [1.807, 2.05) is 0 Å².